The molecule has 2 aliphatic heterocycles. The molecule has 28 heavy (non-hydrogen) atoms. The minimum Gasteiger partial charge on any atom is -0.307 e. The van der Waals surface area contributed by atoms with Gasteiger partial charge in [0.25, 0.3) is 0 Å². The number of nitriles is 2. The largest absolute Gasteiger partial charge is 0.307 e. The number of fused-ring (bicyclic) bond motifs is 1. The molecule has 0 bridgehead atoms. The van der Waals surface area contributed by atoms with Crippen molar-refractivity contribution in [2.75, 3.05) is 37.6 Å². The Bertz CT molecular complexity index is 1010. The molecule has 2 aromatic rings. The van der Waals surface area contributed by atoms with Crippen molar-refractivity contribution in [2.24, 2.45) is 0 Å². The number of piperazine rings is 2. The van der Waals surface area contributed by atoms with Crippen molar-refractivity contribution in [3.63, 3.8) is 0 Å². The maximum atomic E-state index is 13.8. The zero-order valence-electron chi connectivity index (χ0n) is 14.9. The Labute approximate surface area is 161 Å². The first-order valence-electron chi connectivity index (χ1n) is 8.82. The highest BCUT2D eigenvalue weighted by atomic mass is 19.1. The number of halogens is 1. The lowest BCUT2D eigenvalue weighted by Crippen LogP contribution is -2.64. The molecule has 4 rings (SSSR count). The van der Waals surface area contributed by atoms with Crippen molar-refractivity contribution in [2.45, 2.75) is 6.04 Å². The molecule has 2 aliphatic rings. The number of rotatable bonds is 2. The van der Waals surface area contributed by atoms with Gasteiger partial charge in [-0.15, -0.1) is 0 Å². The maximum absolute atomic E-state index is 13.8. The van der Waals surface area contributed by atoms with Crippen LogP contribution in [-0.4, -0.2) is 64.4 Å². The third-order valence-corrected chi connectivity index (χ3v) is 5.05. The smallest absolute Gasteiger partial charge is 0.247 e. The Morgan fingerprint density at radius 3 is 2.68 bits per heavy atom. The van der Waals surface area contributed by atoms with Gasteiger partial charge in [-0.25, -0.2) is 14.4 Å². The molecule has 0 N–H and O–H groups in total. The molecule has 2 saturated heterocycles. The standard InChI is InChI=1S/C19H16FN7O/c20-15-6-13(9-21)5-14(7-15)16-8-18(24-12-23-16)27-4-3-26-2-1-25(11-22)10-17(26)19(27)28/h5-8,12,17H,1-4,10H2. The molecule has 1 amide bonds. The highest BCUT2D eigenvalue weighted by Crippen LogP contribution is 2.26. The summed E-state index contributed by atoms with van der Waals surface area (Å²) in [6, 6.07) is 7.13. The van der Waals surface area contributed by atoms with Crippen molar-refractivity contribution in [3.05, 3.63) is 42.0 Å². The van der Waals surface area contributed by atoms with Crippen molar-refractivity contribution < 1.29 is 9.18 Å². The summed E-state index contributed by atoms with van der Waals surface area (Å²) in [6.45, 7) is 2.82. The van der Waals surface area contributed by atoms with E-state index in [2.05, 4.69) is 21.1 Å². The molecule has 0 saturated carbocycles. The second-order valence-corrected chi connectivity index (χ2v) is 6.69. The van der Waals surface area contributed by atoms with E-state index in [1.165, 1.54) is 12.4 Å². The van der Waals surface area contributed by atoms with Gasteiger partial charge < -0.3 is 4.90 Å². The SMILES string of the molecule is N#Cc1cc(F)cc(-c2cc(N3CCN4CCN(C#N)CC4C3=O)ncn2)c1. The molecule has 1 aromatic heterocycles. The summed E-state index contributed by atoms with van der Waals surface area (Å²) in [4.78, 5) is 26.6. The quantitative estimate of drug-likeness (QED) is 0.719. The van der Waals surface area contributed by atoms with Gasteiger partial charge in [0.1, 0.15) is 24.0 Å². The average molecular weight is 377 g/mol. The molecule has 0 radical (unpaired) electrons. The van der Waals surface area contributed by atoms with E-state index >= 15 is 0 Å². The Balaban J connectivity index is 1.63. The molecule has 1 atom stereocenters. The third-order valence-electron chi connectivity index (χ3n) is 5.05. The summed E-state index contributed by atoms with van der Waals surface area (Å²) in [7, 11) is 0. The zero-order valence-corrected chi connectivity index (χ0v) is 14.9. The van der Waals surface area contributed by atoms with Gasteiger partial charge in [-0.3, -0.25) is 14.6 Å². The second-order valence-electron chi connectivity index (χ2n) is 6.69. The van der Waals surface area contributed by atoms with E-state index in [0.29, 0.717) is 49.8 Å². The number of aromatic nitrogens is 2. The number of hydrogen-bond donors (Lipinski definition) is 0. The van der Waals surface area contributed by atoms with Gasteiger partial charge in [0.05, 0.1) is 23.9 Å². The normalized spacial score (nSPS) is 19.7. The van der Waals surface area contributed by atoms with Crippen LogP contribution in [0.15, 0.2) is 30.6 Å². The number of carbonyl (C=O) groups excluding carboxylic acids is 1. The van der Waals surface area contributed by atoms with E-state index in [9.17, 15) is 9.18 Å². The van der Waals surface area contributed by atoms with Crippen LogP contribution in [0.5, 0.6) is 0 Å². The van der Waals surface area contributed by atoms with Gasteiger partial charge in [-0.05, 0) is 18.2 Å². The number of anilines is 1. The van der Waals surface area contributed by atoms with E-state index in [0.717, 1.165) is 6.07 Å². The van der Waals surface area contributed by atoms with Crippen molar-refractivity contribution in [3.8, 4) is 23.5 Å². The predicted octanol–water partition coefficient (Wildman–Crippen LogP) is 0.968. The molecule has 0 spiro atoms. The maximum Gasteiger partial charge on any atom is 0.247 e. The fourth-order valence-corrected chi connectivity index (χ4v) is 3.61. The number of nitrogens with zero attached hydrogens (tertiary/aromatic N) is 7. The first-order valence-corrected chi connectivity index (χ1v) is 8.82. The fourth-order valence-electron chi connectivity index (χ4n) is 3.61. The Morgan fingerprint density at radius 1 is 1.07 bits per heavy atom. The lowest BCUT2D eigenvalue weighted by molar-refractivity contribution is -0.127. The van der Waals surface area contributed by atoms with Crippen molar-refractivity contribution in [1.29, 1.82) is 10.5 Å². The zero-order chi connectivity index (χ0) is 19.7. The minimum absolute atomic E-state index is 0.118. The van der Waals surface area contributed by atoms with Gasteiger partial charge in [0, 0.05) is 37.8 Å². The summed E-state index contributed by atoms with van der Waals surface area (Å²) in [5.74, 6) is -0.225. The summed E-state index contributed by atoms with van der Waals surface area (Å²) in [5, 5.41) is 18.2. The summed E-state index contributed by atoms with van der Waals surface area (Å²) >= 11 is 0. The van der Waals surface area contributed by atoms with E-state index in [1.54, 1.807) is 21.9 Å². The molecule has 9 heteroatoms. The van der Waals surface area contributed by atoms with Crippen LogP contribution in [0.25, 0.3) is 11.3 Å². The number of benzene rings is 1. The third kappa shape index (κ3) is 3.24. The van der Waals surface area contributed by atoms with E-state index < -0.39 is 5.82 Å². The van der Waals surface area contributed by atoms with Crippen LogP contribution < -0.4 is 4.90 Å². The minimum atomic E-state index is -0.530. The Morgan fingerprint density at radius 2 is 1.89 bits per heavy atom. The molecule has 0 aliphatic carbocycles. The average Bonchev–Trinajstić information content (AvgIpc) is 2.73. The summed E-state index contributed by atoms with van der Waals surface area (Å²) in [5.41, 5.74) is 1.07. The highest BCUT2D eigenvalue weighted by Gasteiger charge is 2.39. The lowest BCUT2D eigenvalue weighted by Gasteiger charge is -2.44. The van der Waals surface area contributed by atoms with Gasteiger partial charge in [0.2, 0.25) is 5.91 Å². The van der Waals surface area contributed by atoms with Crippen LogP contribution >= 0.6 is 0 Å². The van der Waals surface area contributed by atoms with Crippen LogP contribution in [0.2, 0.25) is 0 Å². The molecule has 2 fully saturated rings. The van der Waals surface area contributed by atoms with Crippen LogP contribution in [0.3, 0.4) is 0 Å². The second kappa shape index (κ2) is 7.22. The lowest BCUT2D eigenvalue weighted by atomic mass is 10.1. The first-order chi connectivity index (χ1) is 13.6. The molecule has 3 heterocycles. The number of carbonyl (C=O) groups is 1. The van der Waals surface area contributed by atoms with Gasteiger partial charge in [-0.2, -0.15) is 10.5 Å². The van der Waals surface area contributed by atoms with Crippen molar-refractivity contribution >= 4 is 11.7 Å². The van der Waals surface area contributed by atoms with Crippen molar-refractivity contribution in [1.82, 2.24) is 19.8 Å². The first kappa shape index (κ1) is 17.8. The molecule has 8 nitrogen and oxygen atoms in total. The molecule has 1 unspecified atom stereocenters. The van der Waals surface area contributed by atoms with E-state index in [4.69, 9.17) is 10.5 Å². The van der Waals surface area contributed by atoms with Gasteiger partial charge in [0.15, 0.2) is 6.19 Å². The molecular formula is C19H16FN7O. The van der Waals surface area contributed by atoms with Crippen LogP contribution in [0.4, 0.5) is 10.2 Å². The van der Waals surface area contributed by atoms with Crippen LogP contribution in [0, 0.1) is 28.6 Å². The monoisotopic (exact) mass is 377 g/mol. The van der Waals surface area contributed by atoms with Crippen LogP contribution in [0.1, 0.15) is 5.56 Å². The number of amides is 1. The molecule has 140 valence electrons. The van der Waals surface area contributed by atoms with E-state index in [1.807, 2.05) is 6.07 Å². The van der Waals surface area contributed by atoms with Gasteiger partial charge in [-0.1, -0.05) is 0 Å². The Kier molecular flexibility index (Phi) is 4.60. The highest BCUT2D eigenvalue weighted by molar-refractivity contribution is 5.97. The van der Waals surface area contributed by atoms with Gasteiger partial charge >= 0.3 is 0 Å². The topological polar surface area (TPSA) is 100 Å². The fraction of sp³-hybridized carbons (Fsp3) is 0.316. The summed E-state index contributed by atoms with van der Waals surface area (Å²) in [6.07, 6.45) is 3.43. The molecule has 1 aromatic carbocycles. The predicted molar refractivity (Wildman–Crippen MR) is 97.0 cm³/mol. The number of hydrogen-bond acceptors (Lipinski definition) is 7. The molecular weight excluding hydrogens is 361 g/mol. The Hall–Kier alpha value is -3.56. The summed E-state index contributed by atoms with van der Waals surface area (Å²) < 4.78 is 13.8. The van der Waals surface area contributed by atoms with Crippen LogP contribution in [-0.2, 0) is 4.79 Å². The van der Waals surface area contributed by atoms with E-state index in [-0.39, 0.29) is 17.5 Å².